The molecule has 3 rings (SSSR count). The number of ether oxygens (including phenoxy) is 3. The summed E-state index contributed by atoms with van der Waals surface area (Å²) >= 11 is 0. The molecule has 1 aromatic rings. The van der Waals surface area contributed by atoms with Crippen LogP contribution in [0.25, 0.3) is 0 Å². The van der Waals surface area contributed by atoms with Crippen molar-refractivity contribution in [2.75, 3.05) is 13.7 Å². The molecule has 0 radical (unpaired) electrons. The summed E-state index contributed by atoms with van der Waals surface area (Å²) in [6, 6.07) is 2.21. The average molecular weight is 346 g/mol. The van der Waals surface area contributed by atoms with E-state index in [0.717, 1.165) is 11.3 Å². The Morgan fingerprint density at radius 1 is 1.52 bits per heavy atom. The highest BCUT2D eigenvalue weighted by Crippen LogP contribution is 2.53. The molecule has 25 heavy (non-hydrogen) atoms. The highest BCUT2D eigenvalue weighted by molar-refractivity contribution is 5.73. The van der Waals surface area contributed by atoms with Crippen LogP contribution in [-0.2, 0) is 26.3 Å². The predicted molar refractivity (Wildman–Crippen MR) is 87.0 cm³/mol. The number of hydrogen-bond acceptors (Lipinski definition) is 7. The van der Waals surface area contributed by atoms with E-state index in [4.69, 9.17) is 19.9 Å². The van der Waals surface area contributed by atoms with Crippen molar-refractivity contribution >= 4 is 5.97 Å². The molecule has 0 bridgehead atoms. The van der Waals surface area contributed by atoms with Crippen LogP contribution >= 0.6 is 0 Å². The molecule has 1 aromatic heterocycles. The summed E-state index contributed by atoms with van der Waals surface area (Å²) in [4.78, 5) is 12.1. The van der Waals surface area contributed by atoms with Crippen molar-refractivity contribution in [1.82, 2.24) is 10.2 Å². The number of rotatable bonds is 4. The maximum atomic E-state index is 12.1. The molecule has 2 aliphatic rings. The molecule has 0 saturated heterocycles. The fourth-order valence-electron chi connectivity index (χ4n) is 3.96. The number of carbonyl (C=O) groups excluding carboxylic acids is 1. The van der Waals surface area contributed by atoms with Crippen molar-refractivity contribution in [1.29, 1.82) is 5.26 Å². The quantitative estimate of drug-likeness (QED) is 0.794. The number of aromatic nitrogens is 2. The molecule has 0 atom stereocenters. The van der Waals surface area contributed by atoms with Gasteiger partial charge in [0, 0.05) is 12.5 Å². The van der Waals surface area contributed by atoms with Crippen molar-refractivity contribution in [2.45, 2.75) is 44.6 Å². The van der Waals surface area contributed by atoms with E-state index in [0.29, 0.717) is 50.4 Å². The van der Waals surface area contributed by atoms with Gasteiger partial charge in [-0.05, 0) is 32.6 Å². The lowest BCUT2D eigenvalue weighted by Crippen LogP contribution is -2.40. The molecule has 0 aromatic carbocycles. The molecule has 8 nitrogen and oxygen atoms in total. The van der Waals surface area contributed by atoms with Gasteiger partial charge in [-0.3, -0.25) is 9.89 Å². The van der Waals surface area contributed by atoms with Crippen molar-refractivity contribution in [2.24, 2.45) is 11.7 Å². The largest absolute Gasteiger partial charge is 0.466 e. The molecule has 0 unspecified atom stereocenters. The monoisotopic (exact) mass is 346 g/mol. The van der Waals surface area contributed by atoms with Crippen molar-refractivity contribution < 1.29 is 19.0 Å². The first kappa shape index (κ1) is 17.3. The normalized spacial score (nSPS) is 25.2. The Morgan fingerprint density at radius 2 is 2.24 bits per heavy atom. The topological polar surface area (TPSA) is 123 Å². The molecular weight excluding hydrogens is 324 g/mol. The Balaban J connectivity index is 1.98. The number of nitrogens with two attached hydrogens (primary N) is 1. The third kappa shape index (κ3) is 2.74. The summed E-state index contributed by atoms with van der Waals surface area (Å²) in [5.41, 5.74) is 7.39. The highest BCUT2D eigenvalue weighted by Gasteiger charge is 2.50. The lowest BCUT2D eigenvalue weighted by atomic mass is 9.62. The third-order valence-corrected chi connectivity index (χ3v) is 5.08. The van der Waals surface area contributed by atoms with E-state index in [1.54, 1.807) is 14.0 Å². The van der Waals surface area contributed by atoms with Crippen molar-refractivity contribution in [3.05, 3.63) is 22.7 Å². The molecular formula is C17H22N4O4. The fraction of sp³-hybridized carbons (Fsp3) is 0.588. The summed E-state index contributed by atoms with van der Waals surface area (Å²) in [7, 11) is 1.59. The number of fused-ring (bicyclic) bond motifs is 2. The van der Waals surface area contributed by atoms with Gasteiger partial charge in [-0.15, -0.1) is 5.10 Å². The molecule has 0 amide bonds. The second-order valence-electron chi connectivity index (χ2n) is 6.38. The first-order valence-corrected chi connectivity index (χ1v) is 8.38. The summed E-state index contributed by atoms with van der Waals surface area (Å²) in [6.45, 7) is 2.49. The van der Waals surface area contributed by atoms with Crippen LogP contribution < -0.4 is 10.5 Å². The first-order valence-electron chi connectivity index (χ1n) is 8.38. The number of methoxy groups -OCH3 is 1. The van der Waals surface area contributed by atoms with Crippen LogP contribution in [0.5, 0.6) is 5.88 Å². The molecule has 1 aliphatic heterocycles. The van der Waals surface area contributed by atoms with Crippen molar-refractivity contribution in [3.8, 4) is 11.9 Å². The number of nitrogens with one attached hydrogen (secondary N) is 1. The van der Waals surface area contributed by atoms with E-state index in [-0.39, 0.29) is 17.8 Å². The average Bonchev–Trinajstić information content (AvgIpc) is 2.99. The predicted octanol–water partition coefficient (Wildman–Crippen LogP) is 1.63. The zero-order valence-electron chi connectivity index (χ0n) is 14.4. The molecule has 1 saturated carbocycles. The van der Waals surface area contributed by atoms with Gasteiger partial charge in [0.25, 0.3) is 0 Å². The minimum Gasteiger partial charge on any atom is -0.466 e. The Bertz CT molecular complexity index is 738. The van der Waals surface area contributed by atoms with Gasteiger partial charge in [0.1, 0.15) is 11.6 Å². The maximum Gasteiger partial charge on any atom is 0.308 e. The second-order valence-corrected chi connectivity index (χ2v) is 6.38. The Kier molecular flexibility index (Phi) is 4.68. The zero-order chi connectivity index (χ0) is 18.0. The summed E-state index contributed by atoms with van der Waals surface area (Å²) in [5.74, 6) is 0.137. The van der Waals surface area contributed by atoms with Crippen LogP contribution in [0, 0.1) is 17.2 Å². The molecule has 134 valence electrons. The summed E-state index contributed by atoms with van der Waals surface area (Å²) < 4.78 is 15.9. The molecule has 1 aliphatic carbocycles. The number of aromatic amines is 1. The number of allylic oxidation sites excluding steroid dienone is 1. The summed E-state index contributed by atoms with van der Waals surface area (Å²) in [6.07, 6.45) is 2.45. The maximum absolute atomic E-state index is 12.1. The molecule has 2 heterocycles. The van der Waals surface area contributed by atoms with E-state index < -0.39 is 5.41 Å². The minimum absolute atomic E-state index is 0.0834. The lowest BCUT2D eigenvalue weighted by Gasteiger charge is -2.41. The Hall–Kier alpha value is -2.53. The molecule has 1 fully saturated rings. The molecule has 1 spiro atoms. The summed E-state index contributed by atoms with van der Waals surface area (Å²) in [5, 5.41) is 16.8. The minimum atomic E-state index is -0.601. The van der Waals surface area contributed by atoms with Gasteiger partial charge >= 0.3 is 5.97 Å². The van der Waals surface area contributed by atoms with Gasteiger partial charge in [-0.2, -0.15) is 5.26 Å². The molecule has 8 heteroatoms. The van der Waals surface area contributed by atoms with Gasteiger partial charge in [-0.25, -0.2) is 0 Å². The number of hydrogen-bond donors (Lipinski definition) is 2. The van der Waals surface area contributed by atoms with Gasteiger partial charge in [0.2, 0.25) is 11.8 Å². The Morgan fingerprint density at radius 3 is 2.84 bits per heavy atom. The number of H-pyrrole nitrogens is 1. The van der Waals surface area contributed by atoms with Crippen LogP contribution in [0.3, 0.4) is 0 Å². The first-order chi connectivity index (χ1) is 12.1. The van der Waals surface area contributed by atoms with E-state index in [9.17, 15) is 10.1 Å². The number of nitriles is 1. The standard InChI is InChI=1S/C17H22N4O4/c1-3-24-16(22)10-4-6-17(7-5-10)11(8-18)14(19)25-15-13(17)12(9-23-2)20-21-15/h10H,3-7,9,19H2,1-2H3,(H,20,21). The van der Waals surface area contributed by atoms with Gasteiger partial charge in [-0.1, -0.05) is 0 Å². The molecule has 3 N–H and O–H groups in total. The van der Waals surface area contributed by atoms with Crippen LogP contribution in [-0.4, -0.2) is 29.9 Å². The number of carbonyl (C=O) groups is 1. The SMILES string of the molecule is CCOC(=O)C1CCC2(CC1)C(C#N)=C(N)Oc1n[nH]c(COC)c12. The van der Waals surface area contributed by atoms with Crippen LogP contribution in [0.4, 0.5) is 0 Å². The van der Waals surface area contributed by atoms with Crippen molar-refractivity contribution in [3.63, 3.8) is 0 Å². The van der Waals surface area contributed by atoms with Gasteiger partial charge in [0.05, 0.1) is 30.4 Å². The van der Waals surface area contributed by atoms with Gasteiger partial charge in [0.15, 0.2) is 0 Å². The van der Waals surface area contributed by atoms with E-state index in [1.807, 2.05) is 0 Å². The van der Waals surface area contributed by atoms with Crippen LogP contribution in [0.1, 0.15) is 43.9 Å². The fourth-order valence-corrected chi connectivity index (χ4v) is 3.96. The zero-order valence-corrected chi connectivity index (χ0v) is 14.4. The third-order valence-electron chi connectivity index (χ3n) is 5.08. The lowest BCUT2D eigenvalue weighted by molar-refractivity contribution is -0.149. The second kappa shape index (κ2) is 6.76. The van der Waals surface area contributed by atoms with Gasteiger partial charge < -0.3 is 19.9 Å². The van der Waals surface area contributed by atoms with E-state index in [2.05, 4.69) is 16.3 Å². The Labute approximate surface area is 145 Å². The van der Waals surface area contributed by atoms with E-state index in [1.165, 1.54) is 0 Å². The van der Waals surface area contributed by atoms with E-state index >= 15 is 0 Å². The van der Waals surface area contributed by atoms with Crippen LogP contribution in [0.2, 0.25) is 0 Å². The number of esters is 1. The smallest absolute Gasteiger partial charge is 0.308 e. The van der Waals surface area contributed by atoms with Crippen LogP contribution in [0.15, 0.2) is 11.5 Å². The number of nitrogens with zero attached hydrogens (tertiary/aromatic N) is 2. The highest BCUT2D eigenvalue weighted by atomic mass is 16.5.